The van der Waals surface area contributed by atoms with Gasteiger partial charge in [-0.05, 0) is 49.9 Å². The summed E-state index contributed by atoms with van der Waals surface area (Å²) in [5.74, 6) is 2.05. The largest absolute Gasteiger partial charge is 0.314 e. The van der Waals surface area contributed by atoms with Crippen LogP contribution in [0.25, 0.3) is 0 Å². The zero-order valence-corrected chi connectivity index (χ0v) is 12.3. The van der Waals surface area contributed by atoms with Crippen molar-refractivity contribution in [2.75, 3.05) is 21.1 Å². The summed E-state index contributed by atoms with van der Waals surface area (Å²) in [5, 5.41) is 0. The van der Waals surface area contributed by atoms with E-state index in [-0.39, 0.29) is 0 Å². The molecule has 18 heavy (non-hydrogen) atoms. The molecule has 0 radical (unpaired) electrons. The lowest BCUT2D eigenvalue weighted by Crippen LogP contribution is -2.26. The fraction of sp³-hybridized carbons (Fsp3) is 0.467. The predicted octanol–water partition coefficient (Wildman–Crippen LogP) is 2.62. The van der Waals surface area contributed by atoms with Crippen LogP contribution in [0.3, 0.4) is 0 Å². The Bertz CT molecular complexity index is 529. The molecule has 0 saturated heterocycles. The molecule has 3 nitrogen and oxygen atoms in total. The summed E-state index contributed by atoms with van der Waals surface area (Å²) in [6, 6.07) is 0. The Morgan fingerprint density at radius 2 is 1.00 bits per heavy atom. The first-order chi connectivity index (χ1) is 8.45. The van der Waals surface area contributed by atoms with Gasteiger partial charge >= 0.3 is 0 Å². The molecule has 2 rings (SSSR count). The third-order valence-electron chi connectivity index (χ3n) is 4.19. The van der Waals surface area contributed by atoms with Gasteiger partial charge in [-0.25, -0.2) is 0 Å². The molecular weight excluding hydrogens is 222 g/mol. The number of hydrogen-bond acceptors (Lipinski definition) is 2. The van der Waals surface area contributed by atoms with Crippen LogP contribution in [0.15, 0.2) is 9.98 Å². The van der Waals surface area contributed by atoms with Crippen molar-refractivity contribution < 1.29 is 0 Å². The Kier molecular flexibility index (Phi) is 3.01. The molecule has 0 bridgehead atoms. The molecule has 0 N–H and O–H groups in total. The van der Waals surface area contributed by atoms with Gasteiger partial charge in [0.2, 0.25) is 0 Å². The van der Waals surface area contributed by atoms with Crippen LogP contribution in [-0.4, -0.2) is 37.7 Å². The molecule has 1 aliphatic rings. The zero-order chi connectivity index (χ0) is 13.6. The molecule has 1 heterocycles. The molecule has 0 fully saturated rings. The van der Waals surface area contributed by atoms with E-state index in [2.05, 4.69) is 42.6 Å². The molecular formula is C15H21N3. The van der Waals surface area contributed by atoms with E-state index >= 15 is 0 Å². The summed E-state index contributed by atoms with van der Waals surface area (Å²) in [6.07, 6.45) is 0. The first-order valence-corrected chi connectivity index (χ1v) is 6.24. The second-order valence-electron chi connectivity index (χ2n) is 4.90. The standard InChI is InChI=1S/C15H21N3/c1-8-9(2)11(4)13-12(10(8)3)14(16-5)18(7)15(13)17-6/h1-7H3. The lowest BCUT2D eigenvalue weighted by Gasteiger charge is -2.14. The highest BCUT2D eigenvalue weighted by molar-refractivity contribution is 6.26. The number of benzene rings is 1. The van der Waals surface area contributed by atoms with Crippen molar-refractivity contribution in [1.29, 1.82) is 0 Å². The van der Waals surface area contributed by atoms with Gasteiger partial charge in [0.25, 0.3) is 0 Å². The maximum atomic E-state index is 4.44. The maximum Gasteiger partial charge on any atom is 0.137 e. The van der Waals surface area contributed by atoms with Crippen LogP contribution in [0.4, 0.5) is 0 Å². The first kappa shape index (κ1) is 12.8. The first-order valence-electron chi connectivity index (χ1n) is 6.24. The number of rotatable bonds is 0. The number of aliphatic imine (C=N–C) groups is 2. The minimum atomic E-state index is 1.02. The molecule has 0 aromatic heterocycles. The smallest absolute Gasteiger partial charge is 0.137 e. The van der Waals surface area contributed by atoms with Crippen LogP contribution in [0, 0.1) is 27.7 Å². The molecule has 0 atom stereocenters. The Hall–Kier alpha value is -1.64. The molecule has 0 saturated carbocycles. The zero-order valence-electron chi connectivity index (χ0n) is 12.3. The van der Waals surface area contributed by atoms with E-state index in [0.717, 1.165) is 11.7 Å². The molecule has 0 aliphatic carbocycles. The molecule has 0 unspecified atom stereocenters. The molecule has 3 heteroatoms. The Morgan fingerprint density at radius 1 is 0.667 bits per heavy atom. The lowest BCUT2D eigenvalue weighted by molar-refractivity contribution is 0.765. The fourth-order valence-electron chi connectivity index (χ4n) is 2.83. The summed E-state index contributed by atoms with van der Waals surface area (Å²) in [6.45, 7) is 8.73. The van der Waals surface area contributed by atoms with Gasteiger partial charge in [0.05, 0.1) is 0 Å². The van der Waals surface area contributed by atoms with E-state index in [4.69, 9.17) is 0 Å². The van der Waals surface area contributed by atoms with Crippen molar-refractivity contribution in [3.63, 3.8) is 0 Å². The van der Waals surface area contributed by atoms with Crippen LogP contribution in [0.1, 0.15) is 33.4 Å². The Balaban J connectivity index is 2.95. The summed E-state index contributed by atoms with van der Waals surface area (Å²) < 4.78 is 0. The molecule has 96 valence electrons. The lowest BCUT2D eigenvalue weighted by atomic mass is 9.90. The highest BCUT2D eigenvalue weighted by Crippen LogP contribution is 2.33. The predicted molar refractivity (Wildman–Crippen MR) is 78.1 cm³/mol. The van der Waals surface area contributed by atoms with Gasteiger partial charge in [-0.1, -0.05) is 0 Å². The number of fused-ring (bicyclic) bond motifs is 1. The second-order valence-corrected chi connectivity index (χ2v) is 4.90. The van der Waals surface area contributed by atoms with E-state index in [1.165, 1.54) is 33.4 Å². The number of hydrogen-bond donors (Lipinski definition) is 0. The summed E-state index contributed by atoms with van der Waals surface area (Å²) in [7, 11) is 5.73. The van der Waals surface area contributed by atoms with E-state index in [0.29, 0.717) is 0 Å². The van der Waals surface area contributed by atoms with Crippen molar-refractivity contribution in [3.8, 4) is 0 Å². The Morgan fingerprint density at radius 3 is 1.28 bits per heavy atom. The van der Waals surface area contributed by atoms with Gasteiger partial charge < -0.3 is 4.90 Å². The van der Waals surface area contributed by atoms with Crippen LogP contribution >= 0.6 is 0 Å². The molecule has 1 aromatic carbocycles. The van der Waals surface area contributed by atoms with Gasteiger partial charge in [-0.15, -0.1) is 0 Å². The molecule has 0 amide bonds. The summed E-state index contributed by atoms with van der Waals surface area (Å²) in [4.78, 5) is 11.0. The van der Waals surface area contributed by atoms with Crippen LogP contribution in [0.5, 0.6) is 0 Å². The quantitative estimate of drug-likeness (QED) is 0.688. The third kappa shape index (κ3) is 1.43. The summed E-state index contributed by atoms with van der Waals surface area (Å²) in [5.41, 5.74) is 7.86. The maximum absolute atomic E-state index is 4.44. The minimum Gasteiger partial charge on any atom is -0.314 e. The van der Waals surface area contributed by atoms with Crippen LogP contribution in [0.2, 0.25) is 0 Å². The van der Waals surface area contributed by atoms with E-state index < -0.39 is 0 Å². The second kappa shape index (κ2) is 4.23. The monoisotopic (exact) mass is 243 g/mol. The van der Waals surface area contributed by atoms with E-state index in [9.17, 15) is 0 Å². The van der Waals surface area contributed by atoms with Gasteiger partial charge in [0, 0.05) is 32.3 Å². The van der Waals surface area contributed by atoms with Crippen molar-refractivity contribution >= 4 is 11.7 Å². The summed E-state index contributed by atoms with van der Waals surface area (Å²) >= 11 is 0. The van der Waals surface area contributed by atoms with Crippen molar-refractivity contribution in [2.45, 2.75) is 27.7 Å². The van der Waals surface area contributed by atoms with Crippen LogP contribution < -0.4 is 0 Å². The number of nitrogens with zero attached hydrogens (tertiary/aromatic N) is 3. The van der Waals surface area contributed by atoms with Gasteiger partial charge in [-0.2, -0.15) is 0 Å². The fourth-order valence-corrected chi connectivity index (χ4v) is 2.83. The van der Waals surface area contributed by atoms with Gasteiger partial charge in [0.1, 0.15) is 11.7 Å². The molecule has 0 spiro atoms. The highest BCUT2D eigenvalue weighted by Gasteiger charge is 2.32. The average Bonchev–Trinajstić information content (AvgIpc) is 2.65. The van der Waals surface area contributed by atoms with Crippen molar-refractivity contribution in [1.82, 2.24) is 4.90 Å². The van der Waals surface area contributed by atoms with Crippen molar-refractivity contribution in [3.05, 3.63) is 33.4 Å². The minimum absolute atomic E-state index is 1.02. The Labute approximate surface area is 109 Å². The van der Waals surface area contributed by atoms with Crippen molar-refractivity contribution in [2.24, 2.45) is 9.98 Å². The van der Waals surface area contributed by atoms with Crippen LogP contribution in [-0.2, 0) is 0 Å². The number of amidine groups is 2. The SMILES string of the molecule is CN=C1c2c(C)c(C)c(C)c(C)c2C(=NC)N1C. The topological polar surface area (TPSA) is 28.0 Å². The van der Waals surface area contributed by atoms with Gasteiger partial charge in [-0.3, -0.25) is 9.98 Å². The highest BCUT2D eigenvalue weighted by atomic mass is 15.2. The van der Waals surface area contributed by atoms with Gasteiger partial charge in [0.15, 0.2) is 0 Å². The normalized spacial score (nSPS) is 18.9. The third-order valence-corrected chi connectivity index (χ3v) is 4.19. The van der Waals surface area contributed by atoms with E-state index in [1.54, 1.807) is 0 Å². The average molecular weight is 243 g/mol. The molecule has 1 aliphatic heterocycles. The van der Waals surface area contributed by atoms with E-state index in [1.807, 2.05) is 21.1 Å². The molecule has 1 aromatic rings.